The Hall–Kier alpha value is -4.59. The molecule has 0 fully saturated rings. The highest BCUT2D eigenvalue weighted by Crippen LogP contribution is 2.34. The molecule has 0 aliphatic heterocycles. The minimum absolute atomic E-state index is 0.0168. The maximum Gasteiger partial charge on any atom is 0.417 e. The minimum Gasteiger partial charge on any atom is -0.439 e. The average molecular weight is 557 g/mol. The summed E-state index contributed by atoms with van der Waals surface area (Å²) in [5.41, 5.74) is -0.772. The second-order valence-electron chi connectivity index (χ2n) is 9.17. The first-order chi connectivity index (χ1) is 18.7. The van der Waals surface area contributed by atoms with Crippen LogP contribution in [0.4, 0.5) is 26.3 Å². The van der Waals surface area contributed by atoms with Gasteiger partial charge in [-0.3, -0.25) is 4.79 Å². The summed E-state index contributed by atoms with van der Waals surface area (Å²) in [6.07, 6.45) is -9.41. The Morgan fingerprint density at radius 1 is 0.950 bits per heavy atom. The molecule has 2 aromatic heterocycles. The fourth-order valence-electron chi connectivity index (χ4n) is 4.19. The highest BCUT2D eigenvalue weighted by atomic mass is 19.4. The number of nitrogens with zero attached hydrogens (tertiary/aromatic N) is 3. The second-order valence-corrected chi connectivity index (χ2v) is 9.17. The third-order valence-electron chi connectivity index (χ3n) is 6.12. The van der Waals surface area contributed by atoms with Gasteiger partial charge in [0.05, 0.1) is 24.2 Å². The van der Waals surface area contributed by atoms with Crippen LogP contribution in [0.1, 0.15) is 33.4 Å². The number of rotatable bonds is 6. The molecule has 4 rings (SSSR count). The second kappa shape index (κ2) is 10.9. The molecule has 0 atom stereocenters. The van der Waals surface area contributed by atoms with E-state index in [0.29, 0.717) is 5.56 Å². The standard InChI is InChI=1S/C29H21F6N3O2/c1-17-3-5-21(18(2)11-17)16-38-25(12-24(29(33,34)35)23(14-36)27(38)39)20-6-8-22(9-7-20)40-26-10-4-19(15-37-26)13-28(30,31)32/h3-12,15H,13,16H2,1-2H3. The molecule has 5 nitrogen and oxygen atoms in total. The highest BCUT2D eigenvalue weighted by Gasteiger charge is 2.36. The molecule has 40 heavy (non-hydrogen) atoms. The monoisotopic (exact) mass is 557 g/mol. The van der Waals surface area contributed by atoms with Gasteiger partial charge in [-0.05, 0) is 66.4 Å². The van der Waals surface area contributed by atoms with Gasteiger partial charge in [0, 0.05) is 12.3 Å². The Bertz CT molecular complexity index is 1630. The molecule has 0 aliphatic rings. The zero-order valence-corrected chi connectivity index (χ0v) is 21.2. The number of hydrogen-bond acceptors (Lipinski definition) is 4. The van der Waals surface area contributed by atoms with Crippen LogP contribution in [0.5, 0.6) is 11.6 Å². The lowest BCUT2D eigenvalue weighted by atomic mass is 10.0. The van der Waals surface area contributed by atoms with Crippen LogP contribution in [-0.2, 0) is 19.1 Å². The maximum atomic E-state index is 13.8. The van der Waals surface area contributed by atoms with E-state index in [4.69, 9.17) is 4.74 Å². The van der Waals surface area contributed by atoms with Crippen molar-refractivity contribution in [3.05, 3.63) is 111 Å². The van der Waals surface area contributed by atoms with Crippen molar-refractivity contribution in [2.24, 2.45) is 0 Å². The molecule has 0 saturated heterocycles. The van der Waals surface area contributed by atoms with Crippen molar-refractivity contribution in [2.75, 3.05) is 0 Å². The fourth-order valence-corrected chi connectivity index (χ4v) is 4.19. The third-order valence-corrected chi connectivity index (χ3v) is 6.12. The molecular weight excluding hydrogens is 536 g/mol. The molecule has 206 valence electrons. The zero-order chi connectivity index (χ0) is 29.2. The lowest BCUT2D eigenvalue weighted by molar-refractivity contribution is -0.138. The van der Waals surface area contributed by atoms with E-state index in [1.807, 2.05) is 26.0 Å². The van der Waals surface area contributed by atoms with E-state index in [1.165, 1.54) is 42.5 Å². The Labute approximate surface area is 224 Å². The first-order valence-electron chi connectivity index (χ1n) is 11.9. The van der Waals surface area contributed by atoms with Gasteiger partial charge in [0.2, 0.25) is 5.88 Å². The SMILES string of the molecule is Cc1ccc(Cn2c(-c3ccc(Oc4ccc(CC(F)(F)F)cn4)cc3)cc(C(F)(F)F)c(C#N)c2=O)c(C)c1. The molecule has 4 aromatic rings. The van der Waals surface area contributed by atoms with Gasteiger partial charge in [-0.2, -0.15) is 31.6 Å². The van der Waals surface area contributed by atoms with Crippen LogP contribution < -0.4 is 10.3 Å². The lowest BCUT2D eigenvalue weighted by Crippen LogP contribution is -2.29. The van der Waals surface area contributed by atoms with Crippen LogP contribution in [0.3, 0.4) is 0 Å². The van der Waals surface area contributed by atoms with Gasteiger partial charge in [0.15, 0.2) is 0 Å². The third kappa shape index (κ3) is 6.51. The molecule has 0 unspecified atom stereocenters. The normalized spacial score (nSPS) is 11.8. The molecule has 0 spiro atoms. The molecule has 0 aliphatic carbocycles. The van der Waals surface area contributed by atoms with Crippen LogP contribution in [-0.4, -0.2) is 15.7 Å². The van der Waals surface area contributed by atoms with Gasteiger partial charge in [0.1, 0.15) is 17.4 Å². The average Bonchev–Trinajstić information content (AvgIpc) is 2.86. The van der Waals surface area contributed by atoms with Gasteiger partial charge in [-0.15, -0.1) is 0 Å². The molecule has 0 amide bonds. The highest BCUT2D eigenvalue weighted by molar-refractivity contribution is 5.64. The number of nitriles is 1. The number of ether oxygens (including phenoxy) is 1. The number of alkyl halides is 6. The van der Waals surface area contributed by atoms with Crippen LogP contribution in [0.15, 0.2) is 71.7 Å². The van der Waals surface area contributed by atoms with E-state index in [9.17, 15) is 36.4 Å². The topological polar surface area (TPSA) is 67.9 Å². The Kier molecular flexibility index (Phi) is 7.73. The van der Waals surface area contributed by atoms with E-state index < -0.39 is 35.5 Å². The molecule has 0 bridgehead atoms. The molecule has 11 heteroatoms. The molecule has 2 aromatic carbocycles. The van der Waals surface area contributed by atoms with Crippen molar-refractivity contribution in [3.63, 3.8) is 0 Å². The van der Waals surface area contributed by atoms with Gasteiger partial charge >= 0.3 is 12.4 Å². The van der Waals surface area contributed by atoms with E-state index in [-0.39, 0.29) is 35.0 Å². The van der Waals surface area contributed by atoms with Gasteiger partial charge < -0.3 is 9.30 Å². The number of benzene rings is 2. The van der Waals surface area contributed by atoms with E-state index in [1.54, 1.807) is 6.07 Å². The number of pyridine rings is 2. The predicted octanol–water partition coefficient (Wildman–Crippen LogP) is 7.36. The summed E-state index contributed by atoms with van der Waals surface area (Å²) in [6.45, 7) is 3.63. The van der Waals surface area contributed by atoms with Crippen molar-refractivity contribution >= 4 is 0 Å². The number of halogens is 6. The Morgan fingerprint density at radius 2 is 1.65 bits per heavy atom. The van der Waals surface area contributed by atoms with E-state index >= 15 is 0 Å². The predicted molar refractivity (Wildman–Crippen MR) is 135 cm³/mol. The van der Waals surface area contributed by atoms with Crippen LogP contribution in [0, 0.1) is 25.2 Å². The molecule has 0 saturated carbocycles. The summed E-state index contributed by atoms with van der Waals surface area (Å²) in [7, 11) is 0. The van der Waals surface area contributed by atoms with Crippen LogP contribution >= 0.6 is 0 Å². The first kappa shape index (κ1) is 28.4. The molecule has 0 N–H and O–H groups in total. The summed E-state index contributed by atoms with van der Waals surface area (Å²) in [5, 5.41) is 9.41. The van der Waals surface area contributed by atoms with Crippen molar-refractivity contribution in [2.45, 2.75) is 39.2 Å². The van der Waals surface area contributed by atoms with Crippen molar-refractivity contribution in [1.29, 1.82) is 5.26 Å². The van der Waals surface area contributed by atoms with Gasteiger partial charge in [0.25, 0.3) is 5.56 Å². The minimum atomic E-state index is -4.94. The zero-order valence-electron chi connectivity index (χ0n) is 21.2. The number of aromatic nitrogens is 2. The van der Waals surface area contributed by atoms with Crippen molar-refractivity contribution in [1.82, 2.24) is 9.55 Å². The summed E-state index contributed by atoms with van der Waals surface area (Å²) < 4.78 is 85.8. The van der Waals surface area contributed by atoms with E-state index in [2.05, 4.69) is 4.98 Å². The quantitative estimate of drug-likeness (QED) is 0.232. The Balaban J connectivity index is 1.72. The summed E-state index contributed by atoms with van der Waals surface area (Å²) in [6, 6.07) is 15.9. The van der Waals surface area contributed by atoms with Gasteiger partial charge in [-0.1, -0.05) is 29.8 Å². The smallest absolute Gasteiger partial charge is 0.417 e. The summed E-state index contributed by atoms with van der Waals surface area (Å²) >= 11 is 0. The summed E-state index contributed by atoms with van der Waals surface area (Å²) in [4.78, 5) is 17.1. The van der Waals surface area contributed by atoms with E-state index in [0.717, 1.165) is 28.0 Å². The molecule has 0 radical (unpaired) electrons. The van der Waals surface area contributed by atoms with Crippen molar-refractivity contribution in [3.8, 4) is 29.0 Å². The maximum absolute atomic E-state index is 13.8. The van der Waals surface area contributed by atoms with Gasteiger partial charge in [-0.25, -0.2) is 4.98 Å². The number of aryl methyl sites for hydroxylation is 2. The summed E-state index contributed by atoms with van der Waals surface area (Å²) in [5.74, 6) is 0.232. The number of hydrogen-bond donors (Lipinski definition) is 0. The van der Waals surface area contributed by atoms with Crippen molar-refractivity contribution < 1.29 is 31.1 Å². The lowest BCUT2D eigenvalue weighted by Gasteiger charge is -2.19. The first-order valence-corrected chi connectivity index (χ1v) is 11.9. The molecule has 2 heterocycles. The van der Waals surface area contributed by atoms with Crippen LogP contribution in [0.2, 0.25) is 0 Å². The fraction of sp³-hybridized carbons (Fsp3) is 0.207. The Morgan fingerprint density at radius 3 is 2.20 bits per heavy atom. The molecular formula is C29H21F6N3O2. The van der Waals surface area contributed by atoms with Crippen LogP contribution in [0.25, 0.3) is 11.3 Å². The largest absolute Gasteiger partial charge is 0.439 e.